The highest BCUT2D eigenvalue weighted by atomic mass is 16.1. The first-order valence-electron chi connectivity index (χ1n) is 7.12. The molecule has 2 aromatic heterocycles. The quantitative estimate of drug-likeness (QED) is 0.692. The third-order valence-electron chi connectivity index (χ3n) is 3.55. The van der Waals surface area contributed by atoms with Gasteiger partial charge < -0.3 is 0 Å². The second kappa shape index (κ2) is 5.89. The lowest BCUT2D eigenvalue weighted by Gasteiger charge is -2.09. The van der Waals surface area contributed by atoms with Gasteiger partial charge in [0.1, 0.15) is 5.69 Å². The minimum absolute atomic E-state index is 0.306. The Hall–Kier alpha value is -2.82. The number of hydrogen-bond acceptors (Lipinski definition) is 4. The molecule has 0 aliphatic rings. The van der Waals surface area contributed by atoms with Crippen molar-refractivity contribution in [2.45, 2.75) is 19.8 Å². The van der Waals surface area contributed by atoms with Crippen molar-refractivity contribution in [2.24, 2.45) is 0 Å². The summed E-state index contributed by atoms with van der Waals surface area (Å²) in [6.07, 6.45) is 4.11. The summed E-state index contributed by atoms with van der Waals surface area (Å²) in [4.78, 5) is 15.4. The molecule has 0 N–H and O–H groups in total. The van der Waals surface area contributed by atoms with E-state index in [4.69, 9.17) is 0 Å². The molecule has 0 saturated carbocycles. The molecule has 0 saturated heterocycles. The van der Waals surface area contributed by atoms with Gasteiger partial charge in [0.2, 0.25) is 0 Å². The fraction of sp³-hybridized carbons (Fsp3) is 0.176. The molecular formula is C17H16N4O. The molecule has 3 rings (SSSR count). The Morgan fingerprint density at radius 2 is 1.91 bits per heavy atom. The Kier molecular flexibility index (Phi) is 3.78. The van der Waals surface area contributed by atoms with Crippen LogP contribution in [0.3, 0.4) is 0 Å². The normalized spacial score (nSPS) is 10.9. The average molecular weight is 292 g/mol. The Bertz CT molecular complexity index is 776. The van der Waals surface area contributed by atoms with Gasteiger partial charge in [-0.2, -0.15) is 0 Å². The van der Waals surface area contributed by atoms with Gasteiger partial charge in [-0.15, -0.1) is 5.10 Å². The largest absolute Gasteiger partial charge is 0.296 e. The van der Waals surface area contributed by atoms with Crippen LogP contribution in [0.4, 0.5) is 0 Å². The van der Waals surface area contributed by atoms with E-state index in [9.17, 15) is 4.79 Å². The van der Waals surface area contributed by atoms with Gasteiger partial charge in [0.15, 0.2) is 12.0 Å². The van der Waals surface area contributed by atoms with E-state index in [0.29, 0.717) is 23.6 Å². The fourth-order valence-corrected chi connectivity index (χ4v) is 2.33. The van der Waals surface area contributed by atoms with E-state index in [2.05, 4.69) is 41.3 Å². The third-order valence-corrected chi connectivity index (χ3v) is 3.55. The first kappa shape index (κ1) is 14.1. The molecule has 3 aromatic rings. The Labute approximate surface area is 128 Å². The predicted octanol–water partition coefficient (Wildman–Crippen LogP) is 3.27. The maximum Gasteiger partial charge on any atom is 0.172 e. The standard InChI is InChI=1S/C17H16N4O/c1-12(2)13-5-7-15(8-6-13)21-17(16(11-22)19-20-21)14-4-3-9-18-10-14/h3-12H,1-2H3. The molecule has 0 amide bonds. The summed E-state index contributed by atoms with van der Waals surface area (Å²) in [5, 5.41) is 8.08. The first-order valence-corrected chi connectivity index (χ1v) is 7.12. The zero-order valence-corrected chi connectivity index (χ0v) is 12.5. The van der Waals surface area contributed by atoms with E-state index in [1.54, 1.807) is 17.1 Å². The number of nitrogens with zero attached hydrogens (tertiary/aromatic N) is 4. The molecule has 0 radical (unpaired) electrons. The van der Waals surface area contributed by atoms with Crippen LogP contribution in [0.25, 0.3) is 16.9 Å². The van der Waals surface area contributed by atoms with Crippen molar-refractivity contribution in [1.82, 2.24) is 20.0 Å². The molecule has 110 valence electrons. The van der Waals surface area contributed by atoms with Crippen molar-refractivity contribution < 1.29 is 4.79 Å². The van der Waals surface area contributed by atoms with Gasteiger partial charge in [0.25, 0.3) is 0 Å². The minimum Gasteiger partial charge on any atom is -0.296 e. The lowest BCUT2D eigenvalue weighted by atomic mass is 10.0. The lowest BCUT2D eigenvalue weighted by molar-refractivity contribution is 0.111. The van der Waals surface area contributed by atoms with Crippen molar-refractivity contribution in [3.63, 3.8) is 0 Å². The number of aldehydes is 1. The highest BCUT2D eigenvalue weighted by molar-refractivity contribution is 5.83. The van der Waals surface area contributed by atoms with Crippen LogP contribution in [-0.4, -0.2) is 26.3 Å². The smallest absolute Gasteiger partial charge is 0.172 e. The second-order valence-corrected chi connectivity index (χ2v) is 5.34. The number of carbonyl (C=O) groups is 1. The molecule has 0 aliphatic heterocycles. The highest BCUT2D eigenvalue weighted by Crippen LogP contribution is 2.24. The Morgan fingerprint density at radius 1 is 1.14 bits per heavy atom. The molecule has 0 bridgehead atoms. The third kappa shape index (κ3) is 2.53. The van der Waals surface area contributed by atoms with Crippen LogP contribution in [-0.2, 0) is 0 Å². The molecule has 5 heteroatoms. The molecule has 5 nitrogen and oxygen atoms in total. The van der Waals surface area contributed by atoms with Crippen LogP contribution >= 0.6 is 0 Å². The van der Waals surface area contributed by atoms with Gasteiger partial charge in [-0.25, -0.2) is 4.68 Å². The maximum atomic E-state index is 11.3. The maximum absolute atomic E-state index is 11.3. The van der Waals surface area contributed by atoms with Crippen molar-refractivity contribution in [1.29, 1.82) is 0 Å². The first-order chi connectivity index (χ1) is 10.7. The van der Waals surface area contributed by atoms with Gasteiger partial charge in [-0.05, 0) is 35.7 Å². The topological polar surface area (TPSA) is 60.7 Å². The van der Waals surface area contributed by atoms with E-state index in [0.717, 1.165) is 11.3 Å². The lowest BCUT2D eigenvalue weighted by Crippen LogP contribution is -2.01. The van der Waals surface area contributed by atoms with Crippen LogP contribution in [0.15, 0.2) is 48.8 Å². The average Bonchev–Trinajstić information content (AvgIpc) is 2.99. The minimum atomic E-state index is 0.306. The number of hydrogen-bond donors (Lipinski definition) is 0. The molecule has 0 spiro atoms. The summed E-state index contributed by atoms with van der Waals surface area (Å²) < 4.78 is 1.67. The van der Waals surface area contributed by atoms with Crippen LogP contribution in [0, 0.1) is 0 Å². The number of rotatable bonds is 4. The van der Waals surface area contributed by atoms with Crippen LogP contribution in [0.5, 0.6) is 0 Å². The molecule has 1 aromatic carbocycles. The summed E-state index contributed by atoms with van der Waals surface area (Å²) in [7, 11) is 0. The highest BCUT2D eigenvalue weighted by Gasteiger charge is 2.16. The van der Waals surface area contributed by atoms with E-state index in [-0.39, 0.29) is 0 Å². The number of aromatic nitrogens is 4. The molecule has 2 heterocycles. The Balaban J connectivity index is 2.12. The van der Waals surface area contributed by atoms with Gasteiger partial charge >= 0.3 is 0 Å². The van der Waals surface area contributed by atoms with E-state index in [1.165, 1.54) is 5.56 Å². The van der Waals surface area contributed by atoms with Crippen molar-refractivity contribution >= 4 is 6.29 Å². The number of benzene rings is 1. The summed E-state index contributed by atoms with van der Waals surface area (Å²) in [6.45, 7) is 4.30. The van der Waals surface area contributed by atoms with Gasteiger partial charge in [0.05, 0.1) is 5.69 Å². The van der Waals surface area contributed by atoms with Crippen molar-refractivity contribution in [2.75, 3.05) is 0 Å². The van der Waals surface area contributed by atoms with Crippen LogP contribution in [0.2, 0.25) is 0 Å². The zero-order valence-electron chi connectivity index (χ0n) is 12.5. The van der Waals surface area contributed by atoms with Gasteiger partial charge in [0, 0.05) is 18.0 Å². The molecule has 0 aliphatic carbocycles. The summed E-state index contributed by atoms with van der Waals surface area (Å²) in [5.41, 5.74) is 3.88. The summed E-state index contributed by atoms with van der Waals surface area (Å²) in [5.74, 6) is 0.466. The predicted molar refractivity (Wildman–Crippen MR) is 84.1 cm³/mol. The van der Waals surface area contributed by atoms with Gasteiger partial charge in [-0.3, -0.25) is 9.78 Å². The molecule has 0 fully saturated rings. The number of pyridine rings is 1. The van der Waals surface area contributed by atoms with Gasteiger partial charge in [-0.1, -0.05) is 31.2 Å². The van der Waals surface area contributed by atoms with Crippen molar-refractivity contribution in [3.8, 4) is 16.9 Å². The Morgan fingerprint density at radius 3 is 2.50 bits per heavy atom. The van der Waals surface area contributed by atoms with E-state index < -0.39 is 0 Å². The summed E-state index contributed by atoms with van der Waals surface area (Å²) >= 11 is 0. The van der Waals surface area contributed by atoms with Crippen molar-refractivity contribution in [3.05, 3.63) is 60.0 Å². The number of carbonyl (C=O) groups excluding carboxylic acids is 1. The van der Waals surface area contributed by atoms with Crippen LogP contribution in [0.1, 0.15) is 35.8 Å². The molecular weight excluding hydrogens is 276 g/mol. The van der Waals surface area contributed by atoms with Crippen LogP contribution < -0.4 is 0 Å². The monoisotopic (exact) mass is 292 g/mol. The molecule has 22 heavy (non-hydrogen) atoms. The molecule has 0 atom stereocenters. The summed E-state index contributed by atoms with van der Waals surface area (Å²) in [6, 6.07) is 11.8. The van der Waals surface area contributed by atoms with E-state index >= 15 is 0 Å². The van der Waals surface area contributed by atoms with E-state index in [1.807, 2.05) is 24.3 Å². The SMILES string of the molecule is CC(C)c1ccc(-n2nnc(C=O)c2-c2cccnc2)cc1. The zero-order chi connectivity index (χ0) is 15.5. The second-order valence-electron chi connectivity index (χ2n) is 5.34. The fourth-order valence-electron chi connectivity index (χ4n) is 2.33. The molecule has 0 unspecified atom stereocenters.